The summed E-state index contributed by atoms with van der Waals surface area (Å²) < 4.78 is 0. The van der Waals surface area contributed by atoms with Crippen LogP contribution >= 0.6 is 0 Å². The van der Waals surface area contributed by atoms with Crippen molar-refractivity contribution in [3.63, 3.8) is 0 Å². The highest BCUT2D eigenvalue weighted by Crippen LogP contribution is 2.07. The summed E-state index contributed by atoms with van der Waals surface area (Å²) >= 11 is 0. The van der Waals surface area contributed by atoms with Gasteiger partial charge in [-0.15, -0.1) is 0 Å². The lowest BCUT2D eigenvalue weighted by molar-refractivity contribution is -0.124. The van der Waals surface area contributed by atoms with E-state index in [1.807, 2.05) is 26.1 Å². The topological polar surface area (TPSA) is 42.0 Å². The minimum Gasteiger partial charge on any atom is -0.356 e. The number of nitrogens with zero attached hydrogens (tertiary/aromatic N) is 1. The van der Waals surface area contributed by atoms with E-state index >= 15 is 0 Å². The molecule has 100 valence electrons. The van der Waals surface area contributed by atoms with Crippen molar-refractivity contribution in [3.8, 4) is 0 Å². The summed E-state index contributed by atoms with van der Waals surface area (Å²) in [7, 11) is 0. The average molecular weight is 248 g/mol. The number of amides is 1. The summed E-state index contributed by atoms with van der Waals surface area (Å²) in [5, 5.41) is 2.99. The third-order valence-electron chi connectivity index (χ3n) is 3.12. The summed E-state index contributed by atoms with van der Waals surface area (Å²) in [6.07, 6.45) is 5.97. The second kappa shape index (κ2) is 7.85. The van der Waals surface area contributed by atoms with Gasteiger partial charge >= 0.3 is 0 Å². The van der Waals surface area contributed by atoms with E-state index < -0.39 is 0 Å². The van der Waals surface area contributed by atoms with E-state index in [-0.39, 0.29) is 11.8 Å². The van der Waals surface area contributed by atoms with E-state index in [2.05, 4.69) is 23.3 Å². The molecule has 1 aromatic heterocycles. The zero-order chi connectivity index (χ0) is 13.4. The number of hydrogen-bond acceptors (Lipinski definition) is 2. The van der Waals surface area contributed by atoms with Gasteiger partial charge in [0.15, 0.2) is 0 Å². The molecule has 0 spiro atoms. The number of pyridine rings is 1. The molecular weight excluding hydrogens is 224 g/mol. The Balaban J connectivity index is 2.24. The van der Waals surface area contributed by atoms with Gasteiger partial charge in [-0.25, -0.2) is 0 Å². The normalized spacial score (nSPS) is 12.2. The Morgan fingerprint density at radius 2 is 2.22 bits per heavy atom. The molecule has 0 saturated heterocycles. The molecule has 1 aromatic rings. The zero-order valence-corrected chi connectivity index (χ0v) is 11.7. The molecule has 1 atom stereocenters. The van der Waals surface area contributed by atoms with E-state index in [4.69, 9.17) is 0 Å². The lowest BCUT2D eigenvalue weighted by atomic mass is 10.0. The van der Waals surface area contributed by atoms with Crippen LogP contribution in [0.15, 0.2) is 18.3 Å². The fraction of sp³-hybridized carbons (Fsp3) is 0.600. The number of carbonyl (C=O) groups excluding carboxylic acids is 1. The fourth-order valence-electron chi connectivity index (χ4n) is 1.79. The Morgan fingerprint density at radius 1 is 1.44 bits per heavy atom. The maximum absolute atomic E-state index is 11.8. The van der Waals surface area contributed by atoms with Crippen molar-refractivity contribution in [2.75, 3.05) is 6.54 Å². The molecule has 0 unspecified atom stereocenters. The lowest BCUT2D eigenvalue weighted by Gasteiger charge is -2.11. The van der Waals surface area contributed by atoms with Crippen LogP contribution in [-0.2, 0) is 11.2 Å². The molecule has 1 heterocycles. The molecule has 1 amide bonds. The first kappa shape index (κ1) is 14.7. The third-order valence-corrected chi connectivity index (χ3v) is 3.12. The van der Waals surface area contributed by atoms with Crippen LogP contribution in [-0.4, -0.2) is 17.4 Å². The number of rotatable bonds is 7. The van der Waals surface area contributed by atoms with Crippen molar-refractivity contribution >= 4 is 5.91 Å². The lowest BCUT2D eigenvalue weighted by Crippen LogP contribution is -2.30. The predicted molar refractivity (Wildman–Crippen MR) is 74.4 cm³/mol. The van der Waals surface area contributed by atoms with Crippen LogP contribution in [0.25, 0.3) is 0 Å². The molecule has 0 aliphatic carbocycles. The number of aromatic nitrogens is 1. The molecule has 3 heteroatoms. The first-order chi connectivity index (χ1) is 8.63. The maximum Gasteiger partial charge on any atom is 0.222 e. The summed E-state index contributed by atoms with van der Waals surface area (Å²) in [6, 6.07) is 4.07. The quantitative estimate of drug-likeness (QED) is 0.806. The highest BCUT2D eigenvalue weighted by atomic mass is 16.1. The van der Waals surface area contributed by atoms with Crippen LogP contribution in [0.1, 0.15) is 44.4 Å². The van der Waals surface area contributed by atoms with Gasteiger partial charge in [0.1, 0.15) is 0 Å². The molecular formula is C15H24N2O. The molecule has 0 fully saturated rings. The fourth-order valence-corrected chi connectivity index (χ4v) is 1.79. The highest BCUT2D eigenvalue weighted by molar-refractivity contribution is 5.78. The van der Waals surface area contributed by atoms with Crippen molar-refractivity contribution in [1.29, 1.82) is 0 Å². The summed E-state index contributed by atoms with van der Waals surface area (Å²) in [6.45, 7) is 6.81. The zero-order valence-electron chi connectivity index (χ0n) is 11.7. The second-order valence-electron chi connectivity index (χ2n) is 4.89. The van der Waals surface area contributed by atoms with Crippen molar-refractivity contribution < 1.29 is 4.79 Å². The number of unbranched alkanes of at least 4 members (excludes halogenated alkanes) is 1. The summed E-state index contributed by atoms with van der Waals surface area (Å²) in [4.78, 5) is 16.0. The van der Waals surface area contributed by atoms with Gasteiger partial charge in [-0.2, -0.15) is 0 Å². The highest BCUT2D eigenvalue weighted by Gasteiger charge is 2.10. The monoisotopic (exact) mass is 248 g/mol. The van der Waals surface area contributed by atoms with Gasteiger partial charge < -0.3 is 5.32 Å². The molecule has 0 bridgehead atoms. The number of aryl methyl sites for hydroxylation is 1. The molecule has 0 aliphatic rings. The van der Waals surface area contributed by atoms with Gasteiger partial charge in [0, 0.05) is 24.4 Å². The smallest absolute Gasteiger partial charge is 0.222 e. The van der Waals surface area contributed by atoms with Gasteiger partial charge in [0.05, 0.1) is 0 Å². The van der Waals surface area contributed by atoms with Crippen LogP contribution in [0.3, 0.4) is 0 Å². The van der Waals surface area contributed by atoms with Crippen LogP contribution in [0.2, 0.25) is 0 Å². The van der Waals surface area contributed by atoms with Crippen LogP contribution in [0, 0.1) is 12.8 Å². The summed E-state index contributed by atoms with van der Waals surface area (Å²) in [5.74, 6) is 0.296. The molecule has 0 saturated carbocycles. The Morgan fingerprint density at radius 3 is 2.83 bits per heavy atom. The van der Waals surface area contributed by atoms with Crippen LogP contribution in [0.5, 0.6) is 0 Å². The number of hydrogen-bond donors (Lipinski definition) is 1. The van der Waals surface area contributed by atoms with E-state index in [0.29, 0.717) is 6.54 Å². The Hall–Kier alpha value is -1.38. The summed E-state index contributed by atoms with van der Waals surface area (Å²) in [5.41, 5.74) is 2.19. The Kier molecular flexibility index (Phi) is 6.40. The molecule has 18 heavy (non-hydrogen) atoms. The van der Waals surface area contributed by atoms with E-state index in [1.165, 1.54) is 5.56 Å². The van der Waals surface area contributed by atoms with Crippen molar-refractivity contribution in [2.24, 2.45) is 5.92 Å². The van der Waals surface area contributed by atoms with Gasteiger partial charge in [-0.3, -0.25) is 9.78 Å². The minimum absolute atomic E-state index is 0.126. The molecule has 0 radical (unpaired) electrons. The van der Waals surface area contributed by atoms with Crippen LogP contribution in [0.4, 0.5) is 0 Å². The molecule has 0 aromatic carbocycles. The maximum atomic E-state index is 11.8. The largest absolute Gasteiger partial charge is 0.356 e. The predicted octanol–water partition coefficient (Wildman–Crippen LogP) is 2.88. The van der Waals surface area contributed by atoms with Gasteiger partial charge in [-0.05, 0) is 31.4 Å². The third kappa shape index (κ3) is 5.30. The van der Waals surface area contributed by atoms with Crippen molar-refractivity contribution in [1.82, 2.24) is 10.3 Å². The van der Waals surface area contributed by atoms with E-state index in [9.17, 15) is 4.79 Å². The first-order valence-electron chi connectivity index (χ1n) is 6.82. The number of nitrogens with one attached hydrogen (secondary N) is 1. The molecule has 0 aliphatic heterocycles. The first-order valence-corrected chi connectivity index (χ1v) is 6.82. The number of carbonyl (C=O) groups is 1. The Bertz CT molecular complexity index is 359. The molecule has 1 rings (SSSR count). The average Bonchev–Trinajstić information content (AvgIpc) is 2.38. The molecule has 3 nitrogen and oxygen atoms in total. The minimum atomic E-state index is 0.126. The Labute approximate surface area is 110 Å². The van der Waals surface area contributed by atoms with Crippen molar-refractivity contribution in [2.45, 2.75) is 46.5 Å². The molecule has 1 N–H and O–H groups in total. The SMILES string of the molecule is CCCC[C@H](C)C(=O)NCCc1ccc(C)nc1. The van der Waals surface area contributed by atoms with Gasteiger partial charge in [-0.1, -0.05) is 32.8 Å². The van der Waals surface area contributed by atoms with E-state index in [0.717, 1.165) is 31.4 Å². The van der Waals surface area contributed by atoms with Crippen LogP contribution < -0.4 is 5.32 Å². The standard InChI is InChI=1S/C15H24N2O/c1-4-5-6-12(2)15(18)16-10-9-14-8-7-13(3)17-11-14/h7-8,11-12H,4-6,9-10H2,1-3H3,(H,16,18)/t12-/m0/s1. The van der Waals surface area contributed by atoms with Gasteiger partial charge in [0.2, 0.25) is 5.91 Å². The van der Waals surface area contributed by atoms with E-state index in [1.54, 1.807) is 0 Å². The van der Waals surface area contributed by atoms with Crippen molar-refractivity contribution in [3.05, 3.63) is 29.6 Å². The van der Waals surface area contributed by atoms with Gasteiger partial charge in [0.25, 0.3) is 0 Å². The second-order valence-corrected chi connectivity index (χ2v) is 4.89.